The summed E-state index contributed by atoms with van der Waals surface area (Å²) >= 11 is 0. The average Bonchev–Trinajstić information content (AvgIpc) is 3.24. The minimum atomic E-state index is -4.56. The zero-order valence-electron chi connectivity index (χ0n) is 21.2. The highest BCUT2D eigenvalue weighted by atomic mass is 32.3. The second-order valence-electron chi connectivity index (χ2n) is 9.72. The number of carbonyl (C=O) groups is 1. The third-order valence-electron chi connectivity index (χ3n) is 6.94. The quantitative estimate of drug-likeness (QED) is 0.288. The number of ether oxygens (including phenoxy) is 1. The first-order chi connectivity index (χ1) is 18.6. The number of hydrogen-bond acceptors (Lipinski definition) is 6. The lowest BCUT2D eigenvalue weighted by atomic mass is 9.70. The van der Waals surface area contributed by atoms with Gasteiger partial charge in [0.05, 0.1) is 16.3 Å². The summed E-state index contributed by atoms with van der Waals surface area (Å²) in [4.78, 5) is 13.4. The third kappa shape index (κ3) is 4.78. The molecule has 0 radical (unpaired) electrons. The van der Waals surface area contributed by atoms with Crippen LogP contribution in [0.3, 0.4) is 0 Å². The van der Waals surface area contributed by atoms with Crippen LogP contribution < -0.4 is 0 Å². The van der Waals surface area contributed by atoms with Gasteiger partial charge in [-0.3, -0.25) is 4.79 Å². The second kappa shape index (κ2) is 10.1. The predicted molar refractivity (Wildman–Crippen MR) is 147 cm³/mol. The third-order valence-corrected chi connectivity index (χ3v) is 11.2. The van der Waals surface area contributed by atoms with Crippen LogP contribution in [0.5, 0.6) is 0 Å². The Hall–Kier alpha value is -3.79. The highest BCUT2D eigenvalue weighted by Gasteiger charge is 2.58. The number of benzene rings is 4. The van der Waals surface area contributed by atoms with Crippen LogP contribution in [0.2, 0.25) is 0 Å². The Morgan fingerprint density at radius 3 is 1.38 bits per heavy atom. The van der Waals surface area contributed by atoms with Gasteiger partial charge in [0.2, 0.25) is 0 Å². The standard InChI is InChI=1S/C30H27NO6S2/c1-29(22-30(28(32)37-29,24-14-6-2-7-15-24)25-16-8-3-9-17-25)23-31(38(33,34)26-18-10-4-11-19-26)39(35,36)27-20-12-5-13-21-27/h2-21H,22-23H2,1H3/t29-/m0/s1. The first kappa shape index (κ1) is 26.8. The van der Waals surface area contributed by atoms with E-state index in [1.165, 1.54) is 48.5 Å². The van der Waals surface area contributed by atoms with E-state index < -0.39 is 43.6 Å². The fraction of sp³-hybridized carbons (Fsp3) is 0.167. The Morgan fingerprint density at radius 1 is 0.641 bits per heavy atom. The minimum Gasteiger partial charge on any atom is -0.457 e. The molecule has 4 aromatic rings. The zero-order chi connectivity index (χ0) is 27.7. The van der Waals surface area contributed by atoms with Gasteiger partial charge in [0.1, 0.15) is 11.0 Å². The summed E-state index contributed by atoms with van der Waals surface area (Å²) in [5, 5.41) is 0. The van der Waals surface area contributed by atoms with E-state index in [1.807, 2.05) is 60.7 Å². The van der Waals surface area contributed by atoms with Crippen molar-refractivity contribution in [2.75, 3.05) is 6.54 Å². The van der Waals surface area contributed by atoms with Gasteiger partial charge in [-0.2, -0.15) is 0 Å². The van der Waals surface area contributed by atoms with Crippen LogP contribution in [0.15, 0.2) is 131 Å². The lowest BCUT2D eigenvalue weighted by molar-refractivity contribution is -0.149. The number of esters is 1. The molecule has 0 amide bonds. The second-order valence-corrected chi connectivity index (χ2v) is 13.7. The number of hydrogen-bond donors (Lipinski definition) is 0. The smallest absolute Gasteiger partial charge is 0.321 e. The largest absolute Gasteiger partial charge is 0.457 e. The number of carbonyl (C=O) groups excluding carboxylic acids is 1. The van der Waals surface area contributed by atoms with Crippen molar-refractivity contribution in [3.05, 3.63) is 132 Å². The monoisotopic (exact) mass is 561 g/mol. The molecular formula is C30H27NO6S2. The number of rotatable bonds is 8. The Labute approximate surface area is 228 Å². The maximum Gasteiger partial charge on any atom is 0.321 e. The maximum atomic E-state index is 13.9. The van der Waals surface area contributed by atoms with E-state index in [0.29, 0.717) is 14.8 Å². The van der Waals surface area contributed by atoms with E-state index in [2.05, 4.69) is 0 Å². The molecule has 0 unspecified atom stereocenters. The minimum absolute atomic E-state index is 0.0258. The van der Waals surface area contributed by atoms with Crippen LogP contribution >= 0.6 is 0 Å². The molecule has 0 aromatic heterocycles. The van der Waals surface area contributed by atoms with Crippen molar-refractivity contribution >= 4 is 26.0 Å². The van der Waals surface area contributed by atoms with Gasteiger partial charge in [-0.05, 0) is 42.3 Å². The van der Waals surface area contributed by atoms with Crippen molar-refractivity contribution < 1.29 is 26.4 Å². The highest BCUT2D eigenvalue weighted by Crippen LogP contribution is 2.48. The van der Waals surface area contributed by atoms with E-state index >= 15 is 0 Å². The fourth-order valence-electron chi connectivity index (χ4n) is 5.11. The van der Waals surface area contributed by atoms with Crippen LogP contribution in [-0.4, -0.2) is 38.7 Å². The van der Waals surface area contributed by atoms with Gasteiger partial charge in [-0.25, -0.2) is 16.8 Å². The topological polar surface area (TPSA) is 97.8 Å². The number of sulfonamides is 2. The Bertz CT molecular complexity index is 1570. The van der Waals surface area contributed by atoms with Gasteiger partial charge in [-0.1, -0.05) is 101 Å². The maximum absolute atomic E-state index is 13.9. The van der Waals surface area contributed by atoms with Crippen molar-refractivity contribution in [2.24, 2.45) is 0 Å². The summed E-state index contributed by atoms with van der Waals surface area (Å²) in [6.07, 6.45) is 0.0258. The number of nitrogens with zero attached hydrogens (tertiary/aromatic N) is 1. The first-order valence-corrected chi connectivity index (χ1v) is 15.2. The summed E-state index contributed by atoms with van der Waals surface area (Å²) < 4.78 is 61.9. The molecule has 0 saturated carbocycles. The molecule has 7 nitrogen and oxygen atoms in total. The molecule has 0 spiro atoms. The zero-order valence-corrected chi connectivity index (χ0v) is 22.8. The highest BCUT2D eigenvalue weighted by molar-refractivity contribution is 8.04. The van der Waals surface area contributed by atoms with Crippen LogP contribution in [0.25, 0.3) is 0 Å². The van der Waals surface area contributed by atoms with Gasteiger partial charge in [0.15, 0.2) is 0 Å². The van der Waals surface area contributed by atoms with Crippen LogP contribution in [0.4, 0.5) is 0 Å². The Kier molecular flexibility index (Phi) is 6.92. The van der Waals surface area contributed by atoms with Crippen molar-refractivity contribution in [3.8, 4) is 0 Å². The predicted octanol–water partition coefficient (Wildman–Crippen LogP) is 4.76. The molecule has 1 saturated heterocycles. The van der Waals surface area contributed by atoms with Crippen LogP contribution in [0, 0.1) is 0 Å². The molecule has 1 atom stereocenters. The Morgan fingerprint density at radius 2 is 1.00 bits per heavy atom. The van der Waals surface area contributed by atoms with E-state index in [1.54, 1.807) is 19.1 Å². The normalized spacial score (nSPS) is 19.1. The van der Waals surface area contributed by atoms with Gasteiger partial charge in [0, 0.05) is 6.42 Å². The van der Waals surface area contributed by atoms with Crippen LogP contribution in [-0.2, 0) is 35.0 Å². The Balaban J connectivity index is 1.64. The van der Waals surface area contributed by atoms with Gasteiger partial charge < -0.3 is 4.74 Å². The van der Waals surface area contributed by atoms with Crippen molar-refractivity contribution in [3.63, 3.8) is 0 Å². The molecule has 0 aliphatic carbocycles. The van der Waals surface area contributed by atoms with Crippen LogP contribution in [0.1, 0.15) is 24.5 Å². The molecule has 5 rings (SSSR count). The molecule has 1 aliphatic rings. The van der Waals surface area contributed by atoms with E-state index in [9.17, 15) is 21.6 Å². The lowest BCUT2D eigenvalue weighted by Gasteiger charge is -2.31. The summed E-state index contributed by atoms with van der Waals surface area (Å²) in [7, 11) is -9.12. The van der Waals surface area contributed by atoms with Gasteiger partial charge >= 0.3 is 5.97 Å². The molecule has 0 bridgehead atoms. The molecule has 0 N–H and O–H groups in total. The van der Waals surface area contributed by atoms with E-state index in [4.69, 9.17) is 4.74 Å². The lowest BCUT2D eigenvalue weighted by Crippen LogP contribution is -2.47. The molecule has 1 aliphatic heterocycles. The van der Waals surface area contributed by atoms with Crippen molar-refractivity contribution in [1.29, 1.82) is 0 Å². The summed E-state index contributed by atoms with van der Waals surface area (Å²) in [6.45, 7) is 0.973. The molecular weight excluding hydrogens is 534 g/mol. The molecule has 39 heavy (non-hydrogen) atoms. The summed E-state index contributed by atoms with van der Waals surface area (Å²) in [5.41, 5.74) is -1.38. The summed E-state index contributed by atoms with van der Waals surface area (Å²) in [6, 6.07) is 32.9. The van der Waals surface area contributed by atoms with E-state index in [-0.39, 0.29) is 16.2 Å². The van der Waals surface area contributed by atoms with Gasteiger partial charge in [-0.15, -0.1) is 0 Å². The average molecular weight is 562 g/mol. The first-order valence-electron chi connectivity index (χ1n) is 12.3. The summed E-state index contributed by atoms with van der Waals surface area (Å²) in [5.74, 6) is -0.573. The van der Waals surface area contributed by atoms with Gasteiger partial charge in [0.25, 0.3) is 20.0 Å². The van der Waals surface area contributed by atoms with Crippen molar-refractivity contribution in [2.45, 2.75) is 34.2 Å². The molecule has 9 heteroatoms. The molecule has 200 valence electrons. The van der Waals surface area contributed by atoms with Crippen molar-refractivity contribution in [1.82, 2.24) is 3.71 Å². The van der Waals surface area contributed by atoms with E-state index in [0.717, 1.165) is 0 Å². The fourth-order valence-corrected chi connectivity index (χ4v) is 9.02. The molecule has 4 aromatic carbocycles. The number of cyclic esters (lactones) is 1. The molecule has 1 fully saturated rings. The SMILES string of the molecule is C[C@@]1(CN(S(=O)(=O)c2ccccc2)S(=O)(=O)c2ccccc2)CC(c2ccccc2)(c2ccccc2)C(=O)O1. The molecule has 1 heterocycles.